The molecule has 0 aliphatic carbocycles. The van der Waals surface area contributed by atoms with Crippen molar-refractivity contribution in [2.24, 2.45) is 5.41 Å². The lowest BCUT2D eigenvalue weighted by Gasteiger charge is -2.60. The van der Waals surface area contributed by atoms with Crippen molar-refractivity contribution in [2.45, 2.75) is 13.0 Å². The molecule has 0 saturated carbocycles. The Kier molecular flexibility index (Phi) is 3.84. The molecule has 29 heavy (non-hydrogen) atoms. The number of nitrogens with zero attached hydrogens (tertiary/aromatic N) is 6. The van der Waals surface area contributed by atoms with Crippen LogP contribution in [0.1, 0.15) is 12.5 Å². The van der Waals surface area contributed by atoms with Crippen molar-refractivity contribution < 1.29 is 13.9 Å². The molecule has 1 aromatic carbocycles. The molecule has 0 N–H and O–H groups in total. The summed E-state index contributed by atoms with van der Waals surface area (Å²) in [5, 5.41) is 9.14. The number of carbonyl (C=O) groups is 1. The van der Waals surface area contributed by atoms with Gasteiger partial charge in [-0.1, -0.05) is 0 Å². The molecule has 9 heteroatoms. The Balaban J connectivity index is 1.30. The van der Waals surface area contributed by atoms with Crippen molar-refractivity contribution in [1.29, 1.82) is 5.26 Å². The van der Waals surface area contributed by atoms with E-state index in [9.17, 15) is 9.18 Å². The van der Waals surface area contributed by atoms with Gasteiger partial charge < -0.3 is 14.5 Å². The highest BCUT2D eigenvalue weighted by molar-refractivity contribution is 5.95. The number of benzene rings is 1. The average Bonchev–Trinajstić information content (AvgIpc) is 2.66. The SMILES string of the molecule is CC1COc2cc(F)c(C#N)cc2N1C(=O)N1CC2(C1)CN(c1ncccn1)C2. The predicted molar refractivity (Wildman–Crippen MR) is 102 cm³/mol. The van der Waals surface area contributed by atoms with Gasteiger partial charge in [-0.3, -0.25) is 4.90 Å². The highest BCUT2D eigenvalue weighted by Crippen LogP contribution is 2.43. The van der Waals surface area contributed by atoms with Crippen LogP contribution in [0.4, 0.5) is 20.8 Å². The van der Waals surface area contributed by atoms with Gasteiger partial charge in [-0.15, -0.1) is 0 Å². The maximum Gasteiger partial charge on any atom is 0.325 e. The van der Waals surface area contributed by atoms with E-state index in [-0.39, 0.29) is 29.7 Å². The standard InChI is InChI=1S/C20H19FN6O2/c1-13-8-29-17-6-15(21)14(7-22)5-16(17)27(13)19(28)26-11-20(12-26)9-25(10-20)18-23-3-2-4-24-18/h2-6,13H,8-12H2,1H3. The summed E-state index contributed by atoms with van der Waals surface area (Å²) >= 11 is 0. The fourth-order valence-corrected chi connectivity index (χ4v) is 4.36. The number of hydrogen-bond acceptors (Lipinski definition) is 6. The fraction of sp³-hybridized carbons (Fsp3) is 0.400. The van der Waals surface area contributed by atoms with E-state index in [0.29, 0.717) is 30.5 Å². The van der Waals surface area contributed by atoms with Crippen LogP contribution >= 0.6 is 0 Å². The van der Waals surface area contributed by atoms with Crippen LogP contribution in [0, 0.1) is 22.6 Å². The molecule has 1 unspecified atom stereocenters. The molecule has 1 spiro atoms. The van der Waals surface area contributed by atoms with Gasteiger partial charge in [0.05, 0.1) is 17.3 Å². The van der Waals surface area contributed by atoms with Gasteiger partial charge in [0.2, 0.25) is 5.95 Å². The number of halogens is 1. The van der Waals surface area contributed by atoms with Gasteiger partial charge in [0, 0.05) is 50.1 Å². The minimum Gasteiger partial charge on any atom is -0.489 e. The van der Waals surface area contributed by atoms with Crippen LogP contribution < -0.4 is 14.5 Å². The van der Waals surface area contributed by atoms with E-state index < -0.39 is 5.82 Å². The van der Waals surface area contributed by atoms with E-state index in [2.05, 4.69) is 14.9 Å². The smallest absolute Gasteiger partial charge is 0.325 e. The summed E-state index contributed by atoms with van der Waals surface area (Å²) in [7, 11) is 0. The first-order chi connectivity index (χ1) is 14.0. The molecule has 1 atom stereocenters. The third-order valence-electron chi connectivity index (χ3n) is 5.77. The minimum absolute atomic E-state index is 0.0772. The van der Waals surface area contributed by atoms with E-state index in [1.54, 1.807) is 28.3 Å². The maximum atomic E-state index is 13.9. The molecule has 0 bridgehead atoms. The molecule has 2 aromatic rings. The van der Waals surface area contributed by atoms with Crippen LogP contribution in [0.15, 0.2) is 30.6 Å². The molecule has 2 saturated heterocycles. The molecule has 4 heterocycles. The summed E-state index contributed by atoms with van der Waals surface area (Å²) in [6, 6.07) is 5.84. The molecule has 0 radical (unpaired) electrons. The predicted octanol–water partition coefficient (Wildman–Crippen LogP) is 2.02. The zero-order chi connectivity index (χ0) is 20.2. The van der Waals surface area contributed by atoms with Crippen LogP contribution in [0.2, 0.25) is 0 Å². The number of aromatic nitrogens is 2. The van der Waals surface area contributed by atoms with E-state index in [1.165, 1.54) is 12.1 Å². The number of urea groups is 1. The molecule has 148 valence electrons. The zero-order valence-corrected chi connectivity index (χ0v) is 15.9. The molecule has 8 nitrogen and oxygen atoms in total. The van der Waals surface area contributed by atoms with Crippen molar-refractivity contribution >= 4 is 17.7 Å². The first-order valence-electron chi connectivity index (χ1n) is 9.46. The highest BCUT2D eigenvalue weighted by Gasteiger charge is 2.55. The van der Waals surface area contributed by atoms with Gasteiger partial charge in [-0.25, -0.2) is 19.2 Å². The summed E-state index contributed by atoms with van der Waals surface area (Å²) < 4.78 is 19.5. The Morgan fingerprint density at radius 1 is 1.28 bits per heavy atom. The molecule has 2 amide bonds. The van der Waals surface area contributed by atoms with Crippen molar-refractivity contribution in [3.63, 3.8) is 0 Å². The lowest BCUT2D eigenvalue weighted by Crippen LogP contribution is -2.74. The lowest BCUT2D eigenvalue weighted by atomic mass is 9.73. The largest absolute Gasteiger partial charge is 0.489 e. The second kappa shape index (κ2) is 6.30. The van der Waals surface area contributed by atoms with Gasteiger partial charge in [0.25, 0.3) is 0 Å². The summed E-state index contributed by atoms with van der Waals surface area (Å²) in [6.45, 7) is 5.10. The van der Waals surface area contributed by atoms with E-state index in [1.807, 2.05) is 13.0 Å². The van der Waals surface area contributed by atoms with Gasteiger partial charge in [-0.2, -0.15) is 5.26 Å². The van der Waals surface area contributed by atoms with E-state index in [0.717, 1.165) is 13.1 Å². The van der Waals surface area contributed by atoms with Gasteiger partial charge in [-0.05, 0) is 19.1 Å². The normalized spacial score (nSPS) is 21.6. The first kappa shape index (κ1) is 17.7. The maximum absolute atomic E-state index is 13.9. The third-order valence-corrected chi connectivity index (χ3v) is 5.77. The number of nitriles is 1. The minimum atomic E-state index is -0.645. The Hall–Kier alpha value is -3.41. The number of amides is 2. The summed E-state index contributed by atoms with van der Waals surface area (Å²) in [4.78, 5) is 27.2. The van der Waals surface area contributed by atoms with Gasteiger partial charge >= 0.3 is 6.03 Å². The third kappa shape index (κ3) is 2.75. The highest BCUT2D eigenvalue weighted by atomic mass is 19.1. The van der Waals surface area contributed by atoms with Crippen LogP contribution in [0.5, 0.6) is 5.75 Å². The number of carbonyl (C=O) groups excluding carboxylic acids is 1. The number of hydrogen-bond donors (Lipinski definition) is 0. The quantitative estimate of drug-likeness (QED) is 0.736. The lowest BCUT2D eigenvalue weighted by molar-refractivity contribution is 0.00814. The Morgan fingerprint density at radius 2 is 2.00 bits per heavy atom. The van der Waals surface area contributed by atoms with Crippen LogP contribution in [-0.2, 0) is 0 Å². The zero-order valence-electron chi connectivity index (χ0n) is 15.9. The monoisotopic (exact) mass is 394 g/mol. The molecule has 5 rings (SSSR count). The van der Waals surface area contributed by atoms with Crippen molar-refractivity contribution in [2.75, 3.05) is 42.6 Å². The molecule has 1 aromatic heterocycles. The molecule has 2 fully saturated rings. The number of rotatable bonds is 1. The second-order valence-electron chi connectivity index (χ2n) is 7.99. The van der Waals surface area contributed by atoms with E-state index >= 15 is 0 Å². The molecule has 3 aliphatic rings. The first-order valence-corrected chi connectivity index (χ1v) is 9.46. The Bertz CT molecular complexity index is 1010. The number of anilines is 2. The molecular formula is C20H19FN6O2. The van der Waals surface area contributed by atoms with Crippen LogP contribution in [0.25, 0.3) is 0 Å². The summed E-state index contributed by atoms with van der Waals surface area (Å²) in [5.74, 6) is 0.359. The van der Waals surface area contributed by atoms with Crippen LogP contribution in [0.3, 0.4) is 0 Å². The summed E-state index contributed by atoms with van der Waals surface area (Å²) in [6.07, 6.45) is 3.44. The summed E-state index contributed by atoms with van der Waals surface area (Å²) in [5.41, 5.74) is 0.422. The van der Waals surface area contributed by atoms with E-state index in [4.69, 9.17) is 10.00 Å². The van der Waals surface area contributed by atoms with Crippen LogP contribution in [-0.4, -0.2) is 59.7 Å². The fourth-order valence-electron chi connectivity index (χ4n) is 4.36. The number of ether oxygens (including phenoxy) is 1. The second-order valence-corrected chi connectivity index (χ2v) is 7.99. The van der Waals surface area contributed by atoms with Gasteiger partial charge in [0.15, 0.2) is 0 Å². The molecule has 3 aliphatic heterocycles. The van der Waals surface area contributed by atoms with Gasteiger partial charge in [0.1, 0.15) is 24.2 Å². The Labute approximate surface area is 167 Å². The number of likely N-dealkylation sites (tertiary alicyclic amines) is 1. The van der Waals surface area contributed by atoms with Crippen molar-refractivity contribution in [1.82, 2.24) is 14.9 Å². The average molecular weight is 394 g/mol. The molecular weight excluding hydrogens is 375 g/mol. The Morgan fingerprint density at radius 3 is 2.69 bits per heavy atom. The van der Waals surface area contributed by atoms with Crippen molar-refractivity contribution in [3.8, 4) is 11.8 Å². The number of fused-ring (bicyclic) bond motifs is 1. The van der Waals surface area contributed by atoms with Crippen molar-refractivity contribution in [3.05, 3.63) is 42.0 Å². The topological polar surface area (TPSA) is 85.6 Å².